The van der Waals surface area contributed by atoms with Crippen LogP contribution in [0.25, 0.3) is 0 Å². The van der Waals surface area contributed by atoms with Crippen LogP contribution in [-0.4, -0.2) is 31.3 Å². The Bertz CT molecular complexity index is 810. The van der Waals surface area contributed by atoms with Crippen LogP contribution in [0.5, 0.6) is 5.75 Å². The molecule has 2 rings (SSSR count). The van der Waals surface area contributed by atoms with Gasteiger partial charge in [-0.15, -0.1) is 11.8 Å². The molecule has 1 N–H and O–H groups in total. The van der Waals surface area contributed by atoms with Gasteiger partial charge in [0.2, 0.25) is 5.91 Å². The van der Waals surface area contributed by atoms with Crippen LogP contribution >= 0.6 is 23.4 Å². The van der Waals surface area contributed by atoms with E-state index in [-0.39, 0.29) is 23.3 Å². The first kappa shape index (κ1) is 19.9. The SMILES string of the molecule is C=C(Cl)COC(=O)c1ccccc1SCC(=O)Nc1cccc(OC)c1. The van der Waals surface area contributed by atoms with Crippen molar-refractivity contribution < 1.29 is 19.1 Å². The molecule has 0 radical (unpaired) electrons. The highest BCUT2D eigenvalue weighted by molar-refractivity contribution is 8.00. The van der Waals surface area contributed by atoms with E-state index < -0.39 is 5.97 Å². The Balaban J connectivity index is 1.97. The van der Waals surface area contributed by atoms with Crippen molar-refractivity contribution in [2.24, 2.45) is 0 Å². The molecule has 2 aromatic carbocycles. The molecule has 136 valence electrons. The molecule has 0 atom stereocenters. The van der Waals surface area contributed by atoms with Gasteiger partial charge in [-0.1, -0.05) is 36.4 Å². The zero-order valence-corrected chi connectivity index (χ0v) is 15.7. The number of benzene rings is 2. The van der Waals surface area contributed by atoms with Crippen molar-refractivity contribution >= 4 is 40.9 Å². The molecule has 0 aliphatic rings. The van der Waals surface area contributed by atoms with Crippen molar-refractivity contribution in [1.82, 2.24) is 0 Å². The van der Waals surface area contributed by atoms with E-state index in [4.69, 9.17) is 21.1 Å². The summed E-state index contributed by atoms with van der Waals surface area (Å²) in [4.78, 5) is 24.9. The van der Waals surface area contributed by atoms with Gasteiger partial charge in [0.05, 0.1) is 18.4 Å². The molecule has 0 unspecified atom stereocenters. The van der Waals surface area contributed by atoms with Gasteiger partial charge in [0.25, 0.3) is 0 Å². The van der Waals surface area contributed by atoms with E-state index in [9.17, 15) is 9.59 Å². The minimum atomic E-state index is -0.511. The lowest BCUT2D eigenvalue weighted by molar-refractivity contribution is -0.113. The first-order valence-corrected chi connectivity index (χ1v) is 9.02. The maximum absolute atomic E-state index is 12.2. The van der Waals surface area contributed by atoms with Gasteiger partial charge < -0.3 is 14.8 Å². The molecular weight excluding hydrogens is 374 g/mol. The molecule has 0 fully saturated rings. The maximum atomic E-state index is 12.2. The number of halogens is 1. The molecule has 0 aromatic heterocycles. The van der Waals surface area contributed by atoms with Crippen LogP contribution in [0, 0.1) is 0 Å². The quantitative estimate of drug-likeness (QED) is 0.535. The number of rotatable bonds is 8. The number of esters is 1. The van der Waals surface area contributed by atoms with Crippen LogP contribution in [0.2, 0.25) is 0 Å². The normalized spacial score (nSPS) is 10.1. The zero-order chi connectivity index (χ0) is 18.9. The van der Waals surface area contributed by atoms with Gasteiger partial charge in [-0.2, -0.15) is 0 Å². The van der Waals surface area contributed by atoms with E-state index in [0.717, 1.165) is 0 Å². The van der Waals surface area contributed by atoms with Gasteiger partial charge in [-0.25, -0.2) is 4.79 Å². The van der Waals surface area contributed by atoms with Crippen LogP contribution in [0.1, 0.15) is 10.4 Å². The minimum Gasteiger partial charge on any atom is -0.497 e. The van der Waals surface area contributed by atoms with Gasteiger partial charge in [-0.3, -0.25) is 4.79 Å². The Kier molecular flexibility index (Phi) is 7.56. The number of methoxy groups -OCH3 is 1. The predicted molar refractivity (Wildman–Crippen MR) is 104 cm³/mol. The van der Waals surface area contributed by atoms with E-state index in [1.807, 2.05) is 0 Å². The molecule has 0 spiro atoms. The summed E-state index contributed by atoms with van der Waals surface area (Å²) in [5.41, 5.74) is 1.02. The molecule has 0 aliphatic heterocycles. The van der Waals surface area contributed by atoms with Gasteiger partial charge in [0, 0.05) is 21.7 Å². The number of nitrogens with one attached hydrogen (secondary N) is 1. The zero-order valence-electron chi connectivity index (χ0n) is 14.2. The number of carbonyl (C=O) groups is 2. The van der Waals surface area contributed by atoms with Crippen LogP contribution in [-0.2, 0) is 9.53 Å². The average molecular weight is 392 g/mol. The standard InChI is InChI=1S/C19H18ClNO4S/c1-13(20)11-25-19(23)16-8-3-4-9-17(16)26-12-18(22)21-14-6-5-7-15(10-14)24-2/h3-10H,1,11-12H2,2H3,(H,21,22). The second-order valence-electron chi connectivity index (χ2n) is 5.16. The van der Waals surface area contributed by atoms with Gasteiger partial charge in [0.15, 0.2) is 0 Å². The molecular formula is C19H18ClNO4S. The van der Waals surface area contributed by atoms with E-state index >= 15 is 0 Å². The highest BCUT2D eigenvalue weighted by Gasteiger charge is 2.14. The number of thioether (sulfide) groups is 1. The van der Waals surface area contributed by atoms with Crippen molar-refractivity contribution in [1.29, 1.82) is 0 Å². The average Bonchev–Trinajstić information content (AvgIpc) is 2.64. The number of ether oxygens (including phenoxy) is 2. The molecule has 1 amide bonds. The summed E-state index contributed by atoms with van der Waals surface area (Å²) in [7, 11) is 1.56. The summed E-state index contributed by atoms with van der Waals surface area (Å²) >= 11 is 6.86. The van der Waals surface area contributed by atoms with E-state index in [1.54, 1.807) is 55.6 Å². The van der Waals surface area contributed by atoms with E-state index in [1.165, 1.54) is 11.8 Å². The second kappa shape index (κ2) is 9.89. The number of carbonyl (C=O) groups excluding carboxylic acids is 2. The third-order valence-corrected chi connectivity index (χ3v) is 4.36. The molecule has 0 heterocycles. The molecule has 5 nitrogen and oxygen atoms in total. The molecule has 0 bridgehead atoms. The van der Waals surface area contributed by atoms with E-state index in [0.29, 0.717) is 21.9 Å². The van der Waals surface area contributed by atoms with Gasteiger partial charge in [-0.05, 0) is 24.3 Å². The maximum Gasteiger partial charge on any atom is 0.339 e. The summed E-state index contributed by atoms with van der Waals surface area (Å²) in [5, 5.41) is 3.03. The summed E-state index contributed by atoms with van der Waals surface area (Å²) in [6, 6.07) is 14.0. The molecule has 7 heteroatoms. The number of hydrogen-bond donors (Lipinski definition) is 1. The fraction of sp³-hybridized carbons (Fsp3) is 0.158. The van der Waals surface area contributed by atoms with Crippen molar-refractivity contribution in [3.8, 4) is 5.75 Å². The van der Waals surface area contributed by atoms with Crippen LogP contribution < -0.4 is 10.1 Å². The monoisotopic (exact) mass is 391 g/mol. The molecule has 26 heavy (non-hydrogen) atoms. The third-order valence-electron chi connectivity index (χ3n) is 3.18. The Hall–Kier alpha value is -2.44. The Labute approximate surface area is 161 Å². The number of hydrogen-bond acceptors (Lipinski definition) is 5. The van der Waals surface area contributed by atoms with Crippen LogP contribution in [0.3, 0.4) is 0 Å². The first-order chi connectivity index (χ1) is 12.5. The topological polar surface area (TPSA) is 64.6 Å². The smallest absolute Gasteiger partial charge is 0.339 e. The molecule has 0 saturated heterocycles. The Morgan fingerprint density at radius 2 is 1.96 bits per heavy atom. The molecule has 0 saturated carbocycles. The highest BCUT2D eigenvalue weighted by Crippen LogP contribution is 2.24. The third kappa shape index (κ3) is 6.13. The van der Waals surface area contributed by atoms with Crippen molar-refractivity contribution in [2.45, 2.75) is 4.90 Å². The first-order valence-electron chi connectivity index (χ1n) is 7.65. The Morgan fingerprint density at radius 1 is 1.19 bits per heavy atom. The van der Waals surface area contributed by atoms with Crippen LogP contribution in [0.4, 0.5) is 5.69 Å². The summed E-state index contributed by atoms with van der Waals surface area (Å²) in [6.07, 6.45) is 0. The number of anilines is 1. The number of amides is 1. The lowest BCUT2D eigenvalue weighted by Gasteiger charge is -2.10. The van der Waals surface area contributed by atoms with Crippen molar-refractivity contribution in [3.63, 3.8) is 0 Å². The summed E-state index contributed by atoms with van der Waals surface area (Å²) < 4.78 is 10.2. The fourth-order valence-corrected chi connectivity index (χ4v) is 2.92. The van der Waals surface area contributed by atoms with Gasteiger partial charge in [0.1, 0.15) is 12.4 Å². The second-order valence-corrected chi connectivity index (χ2v) is 6.71. The minimum absolute atomic E-state index is 0.0598. The van der Waals surface area contributed by atoms with E-state index in [2.05, 4.69) is 11.9 Å². The summed E-state index contributed by atoms with van der Waals surface area (Å²) in [6.45, 7) is 3.42. The van der Waals surface area contributed by atoms with Crippen molar-refractivity contribution in [3.05, 3.63) is 65.7 Å². The highest BCUT2D eigenvalue weighted by atomic mass is 35.5. The predicted octanol–water partition coefficient (Wildman–Crippen LogP) is 4.34. The lowest BCUT2D eigenvalue weighted by Crippen LogP contribution is -2.14. The Morgan fingerprint density at radius 3 is 2.69 bits per heavy atom. The summed E-state index contributed by atoms with van der Waals surface area (Å²) in [5.74, 6) is 0.0945. The lowest BCUT2D eigenvalue weighted by atomic mass is 10.2. The largest absolute Gasteiger partial charge is 0.497 e. The van der Waals surface area contributed by atoms with Crippen LogP contribution in [0.15, 0.2) is 65.0 Å². The van der Waals surface area contributed by atoms with Crippen molar-refractivity contribution in [2.75, 3.05) is 24.8 Å². The fourth-order valence-electron chi connectivity index (χ4n) is 2.02. The molecule has 0 aliphatic carbocycles. The van der Waals surface area contributed by atoms with Gasteiger partial charge >= 0.3 is 5.97 Å². The molecule has 2 aromatic rings.